The number of furan rings is 1. The fourth-order valence-corrected chi connectivity index (χ4v) is 3.41. The van der Waals surface area contributed by atoms with Crippen LogP contribution < -0.4 is 5.32 Å². The van der Waals surface area contributed by atoms with Crippen molar-refractivity contribution in [3.63, 3.8) is 0 Å². The van der Waals surface area contributed by atoms with Gasteiger partial charge in [0.15, 0.2) is 22.5 Å². The van der Waals surface area contributed by atoms with Gasteiger partial charge in [0, 0.05) is 17.8 Å². The molecule has 146 valence electrons. The summed E-state index contributed by atoms with van der Waals surface area (Å²) in [6, 6.07) is 10.5. The Labute approximate surface area is 167 Å². The van der Waals surface area contributed by atoms with Crippen LogP contribution in [-0.2, 0) is 11.3 Å². The van der Waals surface area contributed by atoms with Gasteiger partial charge in [0.2, 0.25) is 5.91 Å². The zero-order valence-corrected chi connectivity index (χ0v) is 16.7. The fraction of sp³-hybridized carbons (Fsp3) is 0.300. The van der Waals surface area contributed by atoms with Crippen LogP contribution in [0.25, 0.3) is 11.6 Å². The zero-order chi connectivity index (χ0) is 19.9. The van der Waals surface area contributed by atoms with Crippen LogP contribution in [0.3, 0.4) is 0 Å². The molecule has 3 aromatic rings. The third kappa shape index (κ3) is 4.89. The Morgan fingerprint density at radius 2 is 2.07 bits per heavy atom. The molecular formula is C20H22N4O3S. The van der Waals surface area contributed by atoms with E-state index in [0.29, 0.717) is 28.0 Å². The highest BCUT2D eigenvalue weighted by Crippen LogP contribution is 2.25. The first-order valence-electron chi connectivity index (χ1n) is 9.09. The van der Waals surface area contributed by atoms with Crippen LogP contribution in [0, 0.1) is 0 Å². The van der Waals surface area contributed by atoms with Gasteiger partial charge in [-0.2, -0.15) is 0 Å². The summed E-state index contributed by atoms with van der Waals surface area (Å²) < 4.78 is 7.43. The van der Waals surface area contributed by atoms with Gasteiger partial charge in [-0.05, 0) is 37.6 Å². The molecule has 3 rings (SSSR count). The van der Waals surface area contributed by atoms with E-state index in [9.17, 15) is 9.59 Å². The second-order valence-electron chi connectivity index (χ2n) is 6.26. The van der Waals surface area contributed by atoms with Crippen LogP contribution in [0.2, 0.25) is 0 Å². The summed E-state index contributed by atoms with van der Waals surface area (Å²) in [7, 11) is 0. The van der Waals surface area contributed by atoms with E-state index in [0.717, 1.165) is 19.4 Å². The Balaban J connectivity index is 1.67. The predicted molar refractivity (Wildman–Crippen MR) is 108 cm³/mol. The molecule has 0 bridgehead atoms. The first kappa shape index (κ1) is 19.9. The summed E-state index contributed by atoms with van der Waals surface area (Å²) in [5.41, 5.74) is 1.16. The Kier molecular flexibility index (Phi) is 6.65. The fourth-order valence-electron chi connectivity index (χ4n) is 2.64. The molecule has 0 spiro atoms. The number of nitrogens with one attached hydrogen (secondary N) is 1. The molecule has 2 heterocycles. The lowest BCUT2D eigenvalue weighted by Gasteiger charge is -2.09. The highest BCUT2D eigenvalue weighted by Gasteiger charge is 2.17. The second-order valence-corrected chi connectivity index (χ2v) is 7.21. The topological polar surface area (TPSA) is 90.0 Å². The van der Waals surface area contributed by atoms with Gasteiger partial charge in [-0.1, -0.05) is 37.2 Å². The van der Waals surface area contributed by atoms with E-state index in [2.05, 4.69) is 22.4 Å². The number of rotatable bonds is 9. The minimum Gasteiger partial charge on any atom is -0.461 e. The van der Waals surface area contributed by atoms with Gasteiger partial charge in [-0.15, -0.1) is 10.2 Å². The van der Waals surface area contributed by atoms with Gasteiger partial charge in [0.05, 0.1) is 12.0 Å². The number of carbonyl (C=O) groups excluding carboxylic acids is 2. The summed E-state index contributed by atoms with van der Waals surface area (Å²) in [5, 5.41) is 12.0. The number of anilines is 1. The minimum absolute atomic E-state index is 0.0417. The van der Waals surface area contributed by atoms with Crippen LogP contribution in [-0.4, -0.2) is 32.2 Å². The Hall–Kier alpha value is -2.87. The summed E-state index contributed by atoms with van der Waals surface area (Å²) >= 11 is 1.32. The summed E-state index contributed by atoms with van der Waals surface area (Å²) in [4.78, 5) is 23.8. The molecule has 0 radical (unpaired) electrons. The number of unbranched alkanes of at least 4 members (excludes halogenated alkanes) is 1. The molecule has 0 saturated carbocycles. The van der Waals surface area contributed by atoms with E-state index in [1.807, 2.05) is 16.7 Å². The molecule has 1 aromatic carbocycles. The molecule has 7 nitrogen and oxygen atoms in total. The number of hydrogen-bond acceptors (Lipinski definition) is 6. The number of amides is 1. The van der Waals surface area contributed by atoms with Gasteiger partial charge < -0.3 is 9.73 Å². The molecule has 0 unspecified atom stereocenters. The molecule has 0 aliphatic carbocycles. The van der Waals surface area contributed by atoms with E-state index in [-0.39, 0.29) is 17.4 Å². The normalized spacial score (nSPS) is 10.8. The molecule has 1 N–H and O–H groups in total. The van der Waals surface area contributed by atoms with Gasteiger partial charge >= 0.3 is 0 Å². The molecule has 1 amide bonds. The van der Waals surface area contributed by atoms with E-state index >= 15 is 0 Å². The van der Waals surface area contributed by atoms with Crippen molar-refractivity contribution in [1.82, 2.24) is 14.8 Å². The Bertz CT molecular complexity index is 950. The lowest BCUT2D eigenvalue weighted by Crippen LogP contribution is -2.15. The number of Topliss-reactive ketones (excluding diaryl/α,β-unsaturated/α-hetero) is 1. The van der Waals surface area contributed by atoms with Crippen LogP contribution in [0.4, 0.5) is 5.69 Å². The SMILES string of the molecule is CCCCn1c(SCC(=O)Nc2cccc(C(C)=O)c2)nnc1-c1ccco1. The Morgan fingerprint density at radius 1 is 1.21 bits per heavy atom. The second kappa shape index (κ2) is 9.36. The summed E-state index contributed by atoms with van der Waals surface area (Å²) in [5.74, 6) is 1.29. The number of carbonyl (C=O) groups is 2. The standard InChI is InChI=1S/C20H22N4O3S/c1-3-4-10-24-19(17-9-6-11-27-17)22-23-20(24)28-13-18(26)21-16-8-5-7-15(12-16)14(2)25/h5-9,11-12H,3-4,10,13H2,1-2H3,(H,21,26). The molecular weight excluding hydrogens is 376 g/mol. The minimum atomic E-state index is -0.171. The summed E-state index contributed by atoms with van der Waals surface area (Å²) in [6.07, 6.45) is 3.61. The van der Waals surface area contributed by atoms with Crippen molar-refractivity contribution >= 4 is 29.1 Å². The van der Waals surface area contributed by atoms with Crippen molar-refractivity contribution < 1.29 is 14.0 Å². The molecule has 0 aliphatic heterocycles. The predicted octanol–water partition coefficient (Wildman–Crippen LogP) is 4.27. The molecule has 28 heavy (non-hydrogen) atoms. The van der Waals surface area contributed by atoms with Crippen LogP contribution in [0.1, 0.15) is 37.0 Å². The first-order chi connectivity index (χ1) is 13.6. The van der Waals surface area contributed by atoms with E-state index in [4.69, 9.17) is 4.42 Å². The van der Waals surface area contributed by atoms with Crippen molar-refractivity contribution in [2.45, 2.75) is 38.4 Å². The van der Waals surface area contributed by atoms with Crippen LogP contribution in [0.5, 0.6) is 0 Å². The number of thioether (sulfide) groups is 1. The monoisotopic (exact) mass is 398 g/mol. The van der Waals surface area contributed by atoms with Crippen LogP contribution >= 0.6 is 11.8 Å². The third-order valence-electron chi connectivity index (χ3n) is 4.08. The Morgan fingerprint density at radius 3 is 2.79 bits per heavy atom. The van der Waals surface area contributed by atoms with Crippen molar-refractivity contribution in [2.75, 3.05) is 11.1 Å². The van der Waals surface area contributed by atoms with Crippen LogP contribution in [0.15, 0.2) is 52.2 Å². The van der Waals surface area contributed by atoms with E-state index in [1.54, 1.807) is 30.5 Å². The number of benzene rings is 1. The van der Waals surface area contributed by atoms with Gasteiger partial charge in [0.25, 0.3) is 0 Å². The number of nitrogens with zero attached hydrogens (tertiary/aromatic N) is 3. The molecule has 0 fully saturated rings. The first-order valence-corrected chi connectivity index (χ1v) is 10.1. The number of aromatic nitrogens is 3. The maximum absolute atomic E-state index is 12.3. The van der Waals surface area contributed by atoms with Crippen molar-refractivity contribution in [1.29, 1.82) is 0 Å². The maximum Gasteiger partial charge on any atom is 0.234 e. The average molecular weight is 398 g/mol. The lowest BCUT2D eigenvalue weighted by molar-refractivity contribution is -0.113. The van der Waals surface area contributed by atoms with E-state index in [1.165, 1.54) is 18.7 Å². The molecule has 2 aromatic heterocycles. The molecule has 0 atom stereocenters. The van der Waals surface area contributed by atoms with Crippen molar-refractivity contribution in [2.24, 2.45) is 0 Å². The lowest BCUT2D eigenvalue weighted by atomic mass is 10.1. The highest BCUT2D eigenvalue weighted by atomic mass is 32.2. The van der Waals surface area contributed by atoms with E-state index < -0.39 is 0 Å². The molecule has 8 heteroatoms. The van der Waals surface area contributed by atoms with Gasteiger partial charge in [0.1, 0.15) is 0 Å². The number of hydrogen-bond donors (Lipinski definition) is 1. The third-order valence-corrected chi connectivity index (χ3v) is 5.05. The zero-order valence-electron chi connectivity index (χ0n) is 15.8. The summed E-state index contributed by atoms with van der Waals surface area (Å²) in [6.45, 7) is 4.37. The van der Waals surface area contributed by atoms with Crippen molar-refractivity contribution in [3.8, 4) is 11.6 Å². The van der Waals surface area contributed by atoms with Gasteiger partial charge in [-0.3, -0.25) is 14.2 Å². The molecule has 0 saturated heterocycles. The number of ketones is 1. The smallest absolute Gasteiger partial charge is 0.234 e. The quantitative estimate of drug-likeness (QED) is 0.428. The average Bonchev–Trinajstić information content (AvgIpc) is 3.34. The largest absolute Gasteiger partial charge is 0.461 e. The highest BCUT2D eigenvalue weighted by molar-refractivity contribution is 7.99. The maximum atomic E-state index is 12.3. The van der Waals surface area contributed by atoms with Crippen molar-refractivity contribution in [3.05, 3.63) is 48.2 Å². The molecule has 0 aliphatic rings. The van der Waals surface area contributed by atoms with Gasteiger partial charge in [-0.25, -0.2) is 0 Å².